The molecule has 3 rings (SSSR count). The van der Waals surface area contributed by atoms with Crippen molar-refractivity contribution in [1.29, 1.82) is 0 Å². The van der Waals surface area contributed by atoms with E-state index >= 15 is 0 Å². The van der Waals surface area contributed by atoms with Crippen molar-refractivity contribution in [3.63, 3.8) is 0 Å². The van der Waals surface area contributed by atoms with E-state index in [4.69, 9.17) is 0 Å². The first-order valence-electron chi connectivity index (χ1n) is 5.64. The number of para-hydroxylation sites is 1. The summed E-state index contributed by atoms with van der Waals surface area (Å²) in [5.74, 6) is 0. The molecule has 0 spiro atoms. The zero-order valence-electron chi connectivity index (χ0n) is 9.06. The molecule has 4 nitrogen and oxygen atoms in total. The number of nitrogens with one attached hydrogen (secondary N) is 1. The van der Waals surface area contributed by atoms with Gasteiger partial charge in [-0.1, -0.05) is 18.2 Å². The lowest BCUT2D eigenvalue weighted by atomic mass is 10.1. The summed E-state index contributed by atoms with van der Waals surface area (Å²) < 4.78 is 0. The Kier molecular flexibility index (Phi) is 2.38. The summed E-state index contributed by atoms with van der Waals surface area (Å²) in [5, 5.41) is 17.7. The van der Waals surface area contributed by atoms with Crippen LogP contribution in [0.1, 0.15) is 12.0 Å². The van der Waals surface area contributed by atoms with Gasteiger partial charge < -0.3 is 5.11 Å². The molecule has 1 aliphatic rings. The molecule has 2 aromatic rings. The second kappa shape index (κ2) is 3.88. The summed E-state index contributed by atoms with van der Waals surface area (Å²) in [6.07, 6.45) is 2.58. The van der Waals surface area contributed by atoms with E-state index in [0.717, 1.165) is 37.0 Å². The van der Waals surface area contributed by atoms with E-state index in [9.17, 15) is 5.11 Å². The molecular formula is C12H15N3O. The highest BCUT2D eigenvalue weighted by molar-refractivity contribution is 5.81. The van der Waals surface area contributed by atoms with Crippen molar-refractivity contribution >= 4 is 10.9 Å². The van der Waals surface area contributed by atoms with Crippen LogP contribution in [0.2, 0.25) is 0 Å². The number of H-pyrrole nitrogens is 1. The molecule has 1 atom stereocenters. The van der Waals surface area contributed by atoms with Crippen molar-refractivity contribution in [1.82, 2.24) is 15.1 Å². The van der Waals surface area contributed by atoms with Gasteiger partial charge in [-0.25, -0.2) is 0 Å². The van der Waals surface area contributed by atoms with Gasteiger partial charge in [-0.2, -0.15) is 5.10 Å². The summed E-state index contributed by atoms with van der Waals surface area (Å²) in [7, 11) is 0. The zero-order valence-corrected chi connectivity index (χ0v) is 9.06. The van der Waals surface area contributed by atoms with Crippen LogP contribution in [0.15, 0.2) is 24.4 Å². The van der Waals surface area contributed by atoms with Gasteiger partial charge in [0.2, 0.25) is 0 Å². The minimum absolute atomic E-state index is 0.152. The smallest absolute Gasteiger partial charge is 0.0695 e. The van der Waals surface area contributed by atoms with E-state index in [1.54, 1.807) is 0 Å². The number of benzene rings is 1. The molecular weight excluding hydrogens is 202 g/mol. The summed E-state index contributed by atoms with van der Waals surface area (Å²) in [4.78, 5) is 2.28. The number of aliphatic hydroxyl groups excluding tert-OH is 1. The van der Waals surface area contributed by atoms with Crippen molar-refractivity contribution in [2.45, 2.75) is 19.1 Å². The van der Waals surface area contributed by atoms with E-state index in [1.165, 1.54) is 5.56 Å². The molecule has 2 N–H and O–H groups in total. The second-order valence-electron chi connectivity index (χ2n) is 4.43. The lowest BCUT2D eigenvalue weighted by molar-refractivity contribution is 0.175. The van der Waals surface area contributed by atoms with Crippen LogP contribution in [0.5, 0.6) is 0 Å². The molecule has 0 bridgehead atoms. The Labute approximate surface area is 93.9 Å². The number of β-amino-alcohol motifs (C(OH)–C–C–N with tert-alkyl or cyclic N) is 1. The molecule has 16 heavy (non-hydrogen) atoms. The fourth-order valence-electron chi connectivity index (χ4n) is 2.36. The highest BCUT2D eigenvalue weighted by atomic mass is 16.3. The normalized spacial score (nSPS) is 21.9. The van der Waals surface area contributed by atoms with E-state index in [-0.39, 0.29) is 6.10 Å². The van der Waals surface area contributed by atoms with Crippen LogP contribution < -0.4 is 0 Å². The molecule has 1 aliphatic heterocycles. The Bertz CT molecular complexity index is 494. The van der Waals surface area contributed by atoms with Crippen LogP contribution in [0, 0.1) is 0 Å². The number of nitrogens with zero attached hydrogens (tertiary/aromatic N) is 2. The van der Waals surface area contributed by atoms with Gasteiger partial charge in [-0.3, -0.25) is 10.00 Å². The highest BCUT2D eigenvalue weighted by Gasteiger charge is 2.20. The molecule has 84 valence electrons. The molecule has 0 saturated carbocycles. The number of fused-ring (bicyclic) bond motifs is 1. The summed E-state index contributed by atoms with van der Waals surface area (Å²) in [6, 6.07) is 6.23. The highest BCUT2D eigenvalue weighted by Crippen LogP contribution is 2.19. The Hall–Kier alpha value is -1.39. The van der Waals surface area contributed by atoms with E-state index < -0.39 is 0 Å². The standard InChI is InChI=1S/C12H15N3O/c16-11-4-5-15(8-11)7-10-3-1-2-9-6-13-14-12(9)10/h1-3,6,11,16H,4-5,7-8H2,(H,13,14)/t11-/m1/s1. The van der Waals surface area contributed by atoms with E-state index in [1.807, 2.05) is 6.20 Å². The van der Waals surface area contributed by atoms with Gasteiger partial charge in [0.1, 0.15) is 0 Å². The predicted molar refractivity (Wildman–Crippen MR) is 62.0 cm³/mol. The first kappa shape index (κ1) is 9.81. The van der Waals surface area contributed by atoms with Gasteiger partial charge in [-0.15, -0.1) is 0 Å². The number of aromatic nitrogens is 2. The average Bonchev–Trinajstić information content (AvgIpc) is 2.87. The maximum absolute atomic E-state index is 9.49. The fourth-order valence-corrected chi connectivity index (χ4v) is 2.36. The van der Waals surface area contributed by atoms with Crippen LogP contribution >= 0.6 is 0 Å². The number of rotatable bonds is 2. The largest absolute Gasteiger partial charge is 0.392 e. The zero-order chi connectivity index (χ0) is 11.0. The van der Waals surface area contributed by atoms with Gasteiger partial charge in [0.25, 0.3) is 0 Å². The predicted octanol–water partition coefficient (Wildman–Crippen LogP) is 1.13. The van der Waals surface area contributed by atoms with Crippen LogP contribution in [-0.2, 0) is 6.54 Å². The third-order valence-electron chi connectivity index (χ3n) is 3.20. The Balaban J connectivity index is 1.86. The third kappa shape index (κ3) is 1.70. The lowest BCUT2D eigenvalue weighted by Crippen LogP contribution is -2.21. The first-order valence-corrected chi connectivity index (χ1v) is 5.64. The molecule has 1 aromatic carbocycles. The summed E-state index contributed by atoms with van der Waals surface area (Å²) in [6.45, 7) is 2.65. The van der Waals surface area contributed by atoms with Crippen molar-refractivity contribution < 1.29 is 5.11 Å². The second-order valence-corrected chi connectivity index (χ2v) is 4.43. The van der Waals surface area contributed by atoms with Crippen LogP contribution in [0.4, 0.5) is 0 Å². The van der Waals surface area contributed by atoms with Crippen LogP contribution in [-0.4, -0.2) is 39.4 Å². The molecule has 4 heteroatoms. The third-order valence-corrected chi connectivity index (χ3v) is 3.20. The fraction of sp³-hybridized carbons (Fsp3) is 0.417. The Morgan fingerprint density at radius 3 is 3.25 bits per heavy atom. The summed E-state index contributed by atoms with van der Waals surface area (Å²) >= 11 is 0. The van der Waals surface area contributed by atoms with Gasteiger partial charge in [0.15, 0.2) is 0 Å². The minimum atomic E-state index is -0.152. The van der Waals surface area contributed by atoms with Crippen LogP contribution in [0.3, 0.4) is 0 Å². The van der Waals surface area contributed by atoms with E-state index in [2.05, 4.69) is 33.3 Å². The molecule has 1 saturated heterocycles. The minimum Gasteiger partial charge on any atom is -0.392 e. The quantitative estimate of drug-likeness (QED) is 0.793. The van der Waals surface area contributed by atoms with Crippen molar-refractivity contribution in [3.8, 4) is 0 Å². The molecule has 1 fully saturated rings. The van der Waals surface area contributed by atoms with E-state index in [0.29, 0.717) is 0 Å². The number of aliphatic hydroxyl groups is 1. The maximum atomic E-state index is 9.49. The number of hydrogen-bond acceptors (Lipinski definition) is 3. The Morgan fingerprint density at radius 1 is 1.50 bits per heavy atom. The lowest BCUT2D eigenvalue weighted by Gasteiger charge is -2.15. The first-order chi connectivity index (χ1) is 7.83. The molecule has 0 aliphatic carbocycles. The topological polar surface area (TPSA) is 52.1 Å². The molecule has 0 amide bonds. The van der Waals surface area contributed by atoms with Gasteiger partial charge >= 0.3 is 0 Å². The molecule has 0 unspecified atom stereocenters. The Morgan fingerprint density at radius 2 is 2.44 bits per heavy atom. The van der Waals surface area contributed by atoms with Crippen molar-refractivity contribution in [2.24, 2.45) is 0 Å². The SMILES string of the molecule is O[C@@H]1CCN(Cc2cccc3cn[nH]c23)C1. The summed E-state index contributed by atoms with van der Waals surface area (Å²) in [5.41, 5.74) is 2.37. The average molecular weight is 217 g/mol. The van der Waals surface area contributed by atoms with Gasteiger partial charge in [-0.05, 0) is 12.0 Å². The van der Waals surface area contributed by atoms with Gasteiger partial charge in [0, 0.05) is 25.0 Å². The van der Waals surface area contributed by atoms with Crippen LogP contribution in [0.25, 0.3) is 10.9 Å². The van der Waals surface area contributed by atoms with Crippen molar-refractivity contribution in [3.05, 3.63) is 30.0 Å². The molecule has 2 heterocycles. The molecule has 1 aromatic heterocycles. The molecule has 0 radical (unpaired) electrons. The monoisotopic (exact) mass is 217 g/mol. The number of likely N-dealkylation sites (tertiary alicyclic amines) is 1. The number of aromatic amines is 1. The van der Waals surface area contributed by atoms with Gasteiger partial charge in [0.05, 0.1) is 17.8 Å². The maximum Gasteiger partial charge on any atom is 0.0695 e. The number of hydrogen-bond donors (Lipinski definition) is 2. The van der Waals surface area contributed by atoms with Crippen molar-refractivity contribution in [2.75, 3.05) is 13.1 Å².